The first kappa shape index (κ1) is 16.1. The zero-order chi connectivity index (χ0) is 16.3. The molecule has 0 spiro atoms. The molecule has 0 aromatic carbocycles. The maximum absolute atomic E-state index is 13.3. The predicted octanol–water partition coefficient (Wildman–Crippen LogP) is 2.76. The van der Waals surface area contributed by atoms with Gasteiger partial charge in [-0.3, -0.25) is 4.90 Å². The predicted molar refractivity (Wildman–Crippen MR) is 82.2 cm³/mol. The van der Waals surface area contributed by atoms with Gasteiger partial charge in [0.15, 0.2) is 0 Å². The van der Waals surface area contributed by atoms with Gasteiger partial charge in [-0.05, 0) is 19.3 Å². The van der Waals surface area contributed by atoms with E-state index in [9.17, 15) is 14.0 Å². The molecular weight excluding hydrogens is 300 g/mol. The van der Waals surface area contributed by atoms with Crippen molar-refractivity contribution < 1.29 is 8.78 Å². The minimum Gasteiger partial charge on any atom is -0.341 e. The second-order valence-corrected chi connectivity index (χ2v) is 6.29. The maximum Gasteiger partial charge on any atom is 0.250 e. The number of hydrogen-bond donors (Lipinski definition) is 0. The molecule has 1 aromatic heterocycles. The number of likely N-dealkylation sites (tertiary alicyclic amines) is 1. The van der Waals surface area contributed by atoms with Crippen molar-refractivity contribution in [3.63, 3.8) is 0 Å². The number of hydrogen-bond acceptors (Lipinski definition) is 5. The number of piperidine rings is 2. The molecule has 2 aliphatic heterocycles. The van der Waals surface area contributed by atoms with Gasteiger partial charge >= 0.3 is 0 Å². The summed E-state index contributed by atoms with van der Waals surface area (Å²) in [5, 5.41) is 9.43. The second-order valence-electron chi connectivity index (χ2n) is 6.29. The molecule has 5 nitrogen and oxygen atoms in total. The molecule has 0 bridgehead atoms. The van der Waals surface area contributed by atoms with Crippen molar-refractivity contribution >= 4 is 5.95 Å². The van der Waals surface area contributed by atoms with Crippen LogP contribution >= 0.6 is 0 Å². The van der Waals surface area contributed by atoms with E-state index < -0.39 is 12.0 Å². The molecule has 2 aliphatic rings. The Balaban J connectivity index is 1.68. The summed E-state index contributed by atoms with van der Waals surface area (Å²) in [5.74, 6) is -1.92. The molecule has 2 fully saturated rings. The average molecular weight is 321 g/mol. The van der Waals surface area contributed by atoms with E-state index in [-0.39, 0.29) is 25.9 Å². The molecule has 0 aliphatic carbocycles. The van der Waals surface area contributed by atoms with Gasteiger partial charge < -0.3 is 4.90 Å². The van der Waals surface area contributed by atoms with Gasteiger partial charge in [0.05, 0.1) is 6.07 Å². The van der Waals surface area contributed by atoms with Crippen LogP contribution in [0.2, 0.25) is 0 Å². The van der Waals surface area contributed by atoms with Gasteiger partial charge in [-0.1, -0.05) is 0 Å². The number of nitriles is 1. The molecule has 23 heavy (non-hydrogen) atoms. The van der Waals surface area contributed by atoms with Crippen LogP contribution in [0.1, 0.15) is 43.7 Å². The Morgan fingerprint density at radius 3 is 2.22 bits per heavy atom. The number of halogens is 2. The zero-order valence-electron chi connectivity index (χ0n) is 13.1. The van der Waals surface area contributed by atoms with Crippen molar-refractivity contribution in [2.45, 2.75) is 44.1 Å². The molecule has 124 valence electrons. The summed E-state index contributed by atoms with van der Waals surface area (Å²) >= 11 is 0. The summed E-state index contributed by atoms with van der Waals surface area (Å²) in [4.78, 5) is 12.7. The number of anilines is 1. The normalized spacial score (nSPS) is 23.3. The molecule has 0 saturated carbocycles. The van der Waals surface area contributed by atoms with E-state index in [1.807, 2.05) is 0 Å². The summed E-state index contributed by atoms with van der Waals surface area (Å²) in [6, 6.07) is 1.65. The molecule has 1 atom stereocenters. The Morgan fingerprint density at radius 2 is 1.65 bits per heavy atom. The first-order valence-corrected chi connectivity index (χ1v) is 8.17. The highest BCUT2D eigenvalue weighted by Crippen LogP contribution is 2.32. The van der Waals surface area contributed by atoms with Crippen LogP contribution in [0.25, 0.3) is 0 Å². The molecule has 0 N–H and O–H groups in total. The van der Waals surface area contributed by atoms with Crippen LogP contribution < -0.4 is 4.90 Å². The van der Waals surface area contributed by atoms with Gasteiger partial charge in [0.25, 0.3) is 5.92 Å². The molecular formula is C16H21F2N5. The van der Waals surface area contributed by atoms with Crippen molar-refractivity contribution in [2.24, 2.45) is 0 Å². The highest BCUT2D eigenvalue weighted by atomic mass is 19.3. The molecule has 3 heterocycles. The average Bonchev–Trinajstić information content (AvgIpc) is 2.58. The van der Waals surface area contributed by atoms with Gasteiger partial charge in [-0.15, -0.1) is 0 Å². The molecule has 7 heteroatoms. The monoisotopic (exact) mass is 321 g/mol. The Bertz CT molecular complexity index is 553. The van der Waals surface area contributed by atoms with Gasteiger partial charge in [-0.25, -0.2) is 18.7 Å². The summed E-state index contributed by atoms with van der Waals surface area (Å²) in [5.41, 5.74) is 0.679. The fourth-order valence-electron chi connectivity index (χ4n) is 3.21. The van der Waals surface area contributed by atoms with E-state index in [2.05, 4.69) is 20.9 Å². The van der Waals surface area contributed by atoms with E-state index in [1.165, 1.54) is 6.42 Å². The smallest absolute Gasteiger partial charge is 0.250 e. The van der Waals surface area contributed by atoms with Crippen LogP contribution in [0.5, 0.6) is 0 Å². The van der Waals surface area contributed by atoms with Gasteiger partial charge in [-0.2, -0.15) is 5.26 Å². The Morgan fingerprint density at radius 1 is 1.04 bits per heavy atom. The number of alkyl halides is 2. The van der Waals surface area contributed by atoms with Gasteiger partial charge in [0.1, 0.15) is 6.04 Å². The highest BCUT2D eigenvalue weighted by molar-refractivity contribution is 5.32. The van der Waals surface area contributed by atoms with Crippen molar-refractivity contribution in [1.82, 2.24) is 14.9 Å². The zero-order valence-corrected chi connectivity index (χ0v) is 13.1. The molecule has 3 rings (SSSR count). The minimum atomic E-state index is -2.61. The van der Waals surface area contributed by atoms with E-state index in [0.717, 1.165) is 25.9 Å². The van der Waals surface area contributed by atoms with Crippen molar-refractivity contribution in [1.29, 1.82) is 5.26 Å². The first-order chi connectivity index (χ1) is 11.1. The topological polar surface area (TPSA) is 56.1 Å². The molecule has 1 aromatic rings. The standard InChI is InChI=1S/C16H21F2N5/c17-16(18)4-8-22(9-5-16)14(10-19)13-11-20-15(21-12-13)23-6-2-1-3-7-23/h11-12,14H,1-9H2. The Kier molecular flexibility index (Phi) is 4.71. The van der Waals surface area contributed by atoms with E-state index in [4.69, 9.17) is 0 Å². The van der Waals surface area contributed by atoms with Crippen molar-refractivity contribution in [2.75, 3.05) is 31.1 Å². The third kappa shape index (κ3) is 3.75. The largest absolute Gasteiger partial charge is 0.341 e. The third-order valence-corrected chi connectivity index (χ3v) is 4.63. The van der Waals surface area contributed by atoms with Crippen LogP contribution in [0.4, 0.5) is 14.7 Å². The van der Waals surface area contributed by atoms with Gasteiger partial charge in [0, 0.05) is 57.0 Å². The molecule has 0 radical (unpaired) electrons. The van der Waals surface area contributed by atoms with Crippen molar-refractivity contribution in [3.05, 3.63) is 18.0 Å². The van der Waals surface area contributed by atoms with E-state index in [0.29, 0.717) is 11.5 Å². The Labute approximate surface area is 134 Å². The molecule has 2 saturated heterocycles. The molecule has 1 unspecified atom stereocenters. The maximum atomic E-state index is 13.3. The van der Waals surface area contributed by atoms with Crippen LogP contribution in [-0.4, -0.2) is 47.0 Å². The lowest BCUT2D eigenvalue weighted by molar-refractivity contribution is -0.0595. The van der Waals surface area contributed by atoms with E-state index in [1.54, 1.807) is 17.3 Å². The third-order valence-electron chi connectivity index (χ3n) is 4.63. The first-order valence-electron chi connectivity index (χ1n) is 8.17. The molecule has 0 amide bonds. The van der Waals surface area contributed by atoms with Crippen LogP contribution in [-0.2, 0) is 0 Å². The van der Waals surface area contributed by atoms with Gasteiger partial charge in [0.2, 0.25) is 5.95 Å². The van der Waals surface area contributed by atoms with Crippen LogP contribution in [0.15, 0.2) is 12.4 Å². The summed E-state index contributed by atoms with van der Waals surface area (Å²) in [6.45, 7) is 2.36. The quantitative estimate of drug-likeness (QED) is 0.857. The van der Waals surface area contributed by atoms with Crippen LogP contribution in [0.3, 0.4) is 0 Å². The van der Waals surface area contributed by atoms with Crippen molar-refractivity contribution in [3.8, 4) is 6.07 Å². The SMILES string of the molecule is N#CC(c1cnc(N2CCCCC2)nc1)N1CCC(F)(F)CC1. The summed E-state index contributed by atoms with van der Waals surface area (Å²) in [7, 11) is 0. The fraction of sp³-hybridized carbons (Fsp3) is 0.688. The fourth-order valence-corrected chi connectivity index (χ4v) is 3.21. The Hall–Kier alpha value is -1.81. The minimum absolute atomic E-state index is 0.197. The second kappa shape index (κ2) is 6.75. The number of rotatable bonds is 3. The highest BCUT2D eigenvalue weighted by Gasteiger charge is 2.36. The summed E-state index contributed by atoms with van der Waals surface area (Å²) in [6.07, 6.45) is 6.47. The van der Waals surface area contributed by atoms with E-state index >= 15 is 0 Å². The lowest BCUT2D eigenvalue weighted by Crippen LogP contribution is -2.41. The summed E-state index contributed by atoms with van der Waals surface area (Å²) < 4.78 is 26.5. The van der Waals surface area contributed by atoms with Crippen LogP contribution in [0, 0.1) is 11.3 Å². The lowest BCUT2D eigenvalue weighted by atomic mass is 10.0. The number of nitrogens with zero attached hydrogens (tertiary/aromatic N) is 5. The lowest BCUT2D eigenvalue weighted by Gasteiger charge is -2.34. The number of aromatic nitrogens is 2.